The average molecular weight is 306 g/mol. The number of anilines is 1. The number of benzene rings is 1. The minimum absolute atomic E-state index is 0.0456. The standard InChI is InChI=1S/C16H22N2O4/c1-12(10-21-2)17-15(19)11-22-14-7-5-13(6-8-14)18-9-3-4-16(18)20/h5-8,12H,3-4,9-11H2,1-2H3,(H,17,19)/t12-/m1/s1. The van der Waals surface area contributed by atoms with Gasteiger partial charge in [-0.2, -0.15) is 0 Å². The Labute approximate surface area is 130 Å². The first-order valence-electron chi connectivity index (χ1n) is 7.41. The summed E-state index contributed by atoms with van der Waals surface area (Å²) < 4.78 is 10.4. The third kappa shape index (κ3) is 4.46. The molecule has 2 rings (SSSR count). The fourth-order valence-electron chi connectivity index (χ4n) is 2.40. The molecule has 2 amide bonds. The van der Waals surface area contributed by atoms with E-state index in [0.717, 1.165) is 18.7 Å². The minimum atomic E-state index is -0.191. The van der Waals surface area contributed by atoms with Crippen molar-refractivity contribution in [3.8, 4) is 5.75 Å². The predicted molar refractivity (Wildman–Crippen MR) is 83.0 cm³/mol. The summed E-state index contributed by atoms with van der Waals surface area (Å²) in [5.41, 5.74) is 0.869. The zero-order valence-electron chi connectivity index (χ0n) is 13.0. The molecule has 0 radical (unpaired) electrons. The highest BCUT2D eigenvalue weighted by Gasteiger charge is 2.21. The van der Waals surface area contributed by atoms with Crippen molar-refractivity contribution in [2.45, 2.75) is 25.8 Å². The lowest BCUT2D eigenvalue weighted by atomic mass is 10.3. The van der Waals surface area contributed by atoms with E-state index in [1.807, 2.05) is 19.1 Å². The van der Waals surface area contributed by atoms with E-state index in [2.05, 4.69) is 5.32 Å². The second-order valence-electron chi connectivity index (χ2n) is 5.36. The molecule has 1 aromatic rings. The number of rotatable bonds is 7. The Hall–Kier alpha value is -2.08. The molecule has 1 aliphatic heterocycles. The number of hydrogen-bond donors (Lipinski definition) is 1. The van der Waals surface area contributed by atoms with E-state index in [4.69, 9.17) is 9.47 Å². The van der Waals surface area contributed by atoms with E-state index in [-0.39, 0.29) is 24.5 Å². The summed E-state index contributed by atoms with van der Waals surface area (Å²) in [5.74, 6) is 0.563. The molecule has 120 valence electrons. The molecule has 1 N–H and O–H groups in total. The maximum atomic E-state index is 11.7. The van der Waals surface area contributed by atoms with Gasteiger partial charge in [-0.1, -0.05) is 0 Å². The first-order chi connectivity index (χ1) is 10.6. The number of methoxy groups -OCH3 is 1. The van der Waals surface area contributed by atoms with E-state index in [1.165, 1.54) is 0 Å². The van der Waals surface area contributed by atoms with Gasteiger partial charge in [0.2, 0.25) is 5.91 Å². The summed E-state index contributed by atoms with van der Waals surface area (Å²) in [5, 5.41) is 2.77. The second kappa shape index (κ2) is 7.79. The van der Waals surface area contributed by atoms with Crippen LogP contribution < -0.4 is 15.0 Å². The van der Waals surface area contributed by atoms with Crippen molar-refractivity contribution < 1.29 is 19.1 Å². The molecule has 1 atom stereocenters. The molecular weight excluding hydrogens is 284 g/mol. The zero-order chi connectivity index (χ0) is 15.9. The Morgan fingerprint density at radius 3 is 2.68 bits per heavy atom. The lowest BCUT2D eigenvalue weighted by molar-refractivity contribution is -0.124. The number of ether oxygens (including phenoxy) is 2. The van der Waals surface area contributed by atoms with Gasteiger partial charge in [-0.15, -0.1) is 0 Å². The van der Waals surface area contributed by atoms with Crippen LogP contribution in [0.15, 0.2) is 24.3 Å². The van der Waals surface area contributed by atoms with E-state index in [1.54, 1.807) is 24.1 Å². The Balaban J connectivity index is 1.81. The molecule has 0 spiro atoms. The van der Waals surface area contributed by atoms with Gasteiger partial charge in [-0.25, -0.2) is 0 Å². The molecule has 1 heterocycles. The van der Waals surface area contributed by atoms with Crippen LogP contribution in [0.1, 0.15) is 19.8 Å². The molecule has 0 aromatic heterocycles. The lowest BCUT2D eigenvalue weighted by Gasteiger charge is -2.16. The van der Waals surface area contributed by atoms with Crippen LogP contribution in [0, 0.1) is 0 Å². The number of nitrogens with one attached hydrogen (secondary N) is 1. The quantitative estimate of drug-likeness (QED) is 0.825. The van der Waals surface area contributed by atoms with Crippen molar-refractivity contribution in [1.29, 1.82) is 0 Å². The summed E-state index contributed by atoms with van der Waals surface area (Å²) in [6, 6.07) is 7.16. The molecular formula is C16H22N2O4. The molecule has 1 saturated heterocycles. The molecule has 0 saturated carbocycles. The zero-order valence-corrected chi connectivity index (χ0v) is 13.0. The summed E-state index contributed by atoms with van der Waals surface area (Å²) in [7, 11) is 1.59. The third-order valence-corrected chi connectivity index (χ3v) is 3.42. The molecule has 0 aliphatic carbocycles. The maximum Gasteiger partial charge on any atom is 0.258 e. The minimum Gasteiger partial charge on any atom is -0.484 e. The van der Waals surface area contributed by atoms with Crippen LogP contribution in [-0.2, 0) is 14.3 Å². The lowest BCUT2D eigenvalue weighted by Crippen LogP contribution is -2.38. The molecule has 1 aliphatic rings. The van der Waals surface area contributed by atoms with Crippen molar-refractivity contribution in [2.75, 3.05) is 31.8 Å². The van der Waals surface area contributed by atoms with Crippen LogP contribution in [0.5, 0.6) is 5.75 Å². The van der Waals surface area contributed by atoms with Crippen molar-refractivity contribution in [3.05, 3.63) is 24.3 Å². The number of hydrogen-bond acceptors (Lipinski definition) is 4. The Morgan fingerprint density at radius 1 is 1.36 bits per heavy atom. The van der Waals surface area contributed by atoms with Crippen LogP contribution >= 0.6 is 0 Å². The normalized spacial score (nSPS) is 15.7. The van der Waals surface area contributed by atoms with Gasteiger partial charge in [-0.3, -0.25) is 9.59 Å². The molecule has 6 heteroatoms. The summed E-state index contributed by atoms with van der Waals surface area (Å²) in [4.78, 5) is 25.1. The highest BCUT2D eigenvalue weighted by molar-refractivity contribution is 5.95. The number of carbonyl (C=O) groups excluding carboxylic acids is 2. The number of amides is 2. The van der Waals surface area contributed by atoms with Gasteiger partial charge in [0.25, 0.3) is 5.91 Å². The van der Waals surface area contributed by atoms with Crippen molar-refractivity contribution in [2.24, 2.45) is 0 Å². The van der Waals surface area contributed by atoms with Crippen LogP contribution in [0.2, 0.25) is 0 Å². The van der Waals surface area contributed by atoms with Crippen molar-refractivity contribution in [3.63, 3.8) is 0 Å². The van der Waals surface area contributed by atoms with Crippen LogP contribution in [0.25, 0.3) is 0 Å². The summed E-state index contributed by atoms with van der Waals surface area (Å²) in [6.45, 7) is 3.04. The maximum absolute atomic E-state index is 11.7. The van der Waals surface area contributed by atoms with Gasteiger partial charge in [0, 0.05) is 31.8 Å². The van der Waals surface area contributed by atoms with E-state index in [0.29, 0.717) is 18.8 Å². The Bertz CT molecular complexity index is 515. The molecule has 22 heavy (non-hydrogen) atoms. The fourth-order valence-corrected chi connectivity index (χ4v) is 2.40. The Kier molecular flexibility index (Phi) is 5.77. The predicted octanol–water partition coefficient (Wildman–Crippen LogP) is 1.34. The van der Waals surface area contributed by atoms with Gasteiger partial charge in [-0.05, 0) is 37.6 Å². The first kappa shape index (κ1) is 16.3. The van der Waals surface area contributed by atoms with Crippen molar-refractivity contribution in [1.82, 2.24) is 5.32 Å². The highest BCUT2D eigenvalue weighted by Crippen LogP contribution is 2.23. The van der Waals surface area contributed by atoms with Gasteiger partial charge < -0.3 is 19.7 Å². The molecule has 1 fully saturated rings. The largest absolute Gasteiger partial charge is 0.484 e. The molecule has 6 nitrogen and oxygen atoms in total. The topological polar surface area (TPSA) is 67.9 Å². The van der Waals surface area contributed by atoms with Gasteiger partial charge in [0.15, 0.2) is 6.61 Å². The SMILES string of the molecule is COC[C@@H](C)NC(=O)COc1ccc(N2CCCC2=O)cc1. The third-order valence-electron chi connectivity index (χ3n) is 3.42. The van der Waals surface area contributed by atoms with Crippen LogP contribution in [0.4, 0.5) is 5.69 Å². The van der Waals surface area contributed by atoms with E-state index in [9.17, 15) is 9.59 Å². The molecule has 0 bridgehead atoms. The number of nitrogens with zero attached hydrogens (tertiary/aromatic N) is 1. The van der Waals surface area contributed by atoms with Crippen LogP contribution in [-0.4, -0.2) is 44.7 Å². The van der Waals surface area contributed by atoms with E-state index < -0.39 is 0 Å². The number of carbonyl (C=O) groups is 2. The van der Waals surface area contributed by atoms with Gasteiger partial charge >= 0.3 is 0 Å². The smallest absolute Gasteiger partial charge is 0.258 e. The highest BCUT2D eigenvalue weighted by atomic mass is 16.5. The second-order valence-corrected chi connectivity index (χ2v) is 5.36. The average Bonchev–Trinajstić information content (AvgIpc) is 2.92. The summed E-state index contributed by atoms with van der Waals surface area (Å²) in [6.07, 6.45) is 1.51. The first-order valence-corrected chi connectivity index (χ1v) is 7.41. The fraction of sp³-hybridized carbons (Fsp3) is 0.500. The monoisotopic (exact) mass is 306 g/mol. The molecule has 0 unspecified atom stereocenters. The Morgan fingerprint density at radius 2 is 2.09 bits per heavy atom. The van der Waals surface area contributed by atoms with Gasteiger partial charge in [0.1, 0.15) is 5.75 Å². The van der Waals surface area contributed by atoms with E-state index >= 15 is 0 Å². The van der Waals surface area contributed by atoms with Crippen LogP contribution in [0.3, 0.4) is 0 Å². The molecule has 1 aromatic carbocycles. The van der Waals surface area contributed by atoms with Gasteiger partial charge in [0.05, 0.1) is 6.61 Å². The van der Waals surface area contributed by atoms with Crippen molar-refractivity contribution >= 4 is 17.5 Å². The summed E-state index contributed by atoms with van der Waals surface area (Å²) >= 11 is 0.